The highest BCUT2D eigenvalue weighted by Crippen LogP contribution is 2.26. The van der Waals surface area contributed by atoms with Crippen LogP contribution in [-0.4, -0.2) is 62.0 Å². The van der Waals surface area contributed by atoms with Gasteiger partial charge < -0.3 is 20.4 Å². The van der Waals surface area contributed by atoms with Gasteiger partial charge in [-0.15, -0.1) is 0 Å². The van der Waals surface area contributed by atoms with Gasteiger partial charge in [0, 0.05) is 45.9 Å². The zero-order valence-electron chi connectivity index (χ0n) is 11.2. The van der Waals surface area contributed by atoms with Crippen LogP contribution >= 0.6 is 0 Å². The van der Waals surface area contributed by atoms with Crippen molar-refractivity contribution in [3.8, 4) is 0 Å². The van der Waals surface area contributed by atoms with Gasteiger partial charge in [-0.3, -0.25) is 4.90 Å². The molecule has 1 fully saturated rings. The summed E-state index contributed by atoms with van der Waals surface area (Å²) >= 11 is 0. The minimum atomic E-state index is 0.293. The molecule has 1 aliphatic rings. The summed E-state index contributed by atoms with van der Waals surface area (Å²) in [6.07, 6.45) is 4.04. The van der Waals surface area contributed by atoms with Gasteiger partial charge in [-0.05, 0) is 19.3 Å². The molecular weight excluding hydrogens is 234 g/mol. The standard InChI is InChI=1S/C12H25N3O3/c1-17-8-2-9-18-10-7-15(11-3-4-11)6-5-12(13)14-16/h11,16H,2-10H2,1H3,(H2,13,14). The Morgan fingerprint density at radius 1 is 1.33 bits per heavy atom. The fraction of sp³-hybridized carbons (Fsp3) is 0.917. The predicted octanol–water partition coefficient (Wildman–Crippen LogP) is 0.640. The quantitative estimate of drug-likeness (QED) is 0.187. The molecule has 0 radical (unpaired) electrons. The van der Waals surface area contributed by atoms with E-state index in [1.165, 1.54) is 12.8 Å². The van der Waals surface area contributed by atoms with Crippen LogP contribution < -0.4 is 5.73 Å². The van der Waals surface area contributed by atoms with E-state index in [9.17, 15) is 0 Å². The van der Waals surface area contributed by atoms with E-state index in [2.05, 4.69) is 10.1 Å². The lowest BCUT2D eigenvalue weighted by atomic mass is 10.3. The molecule has 1 saturated carbocycles. The zero-order chi connectivity index (χ0) is 13.2. The summed E-state index contributed by atoms with van der Waals surface area (Å²) in [5, 5.41) is 11.5. The second-order valence-electron chi connectivity index (χ2n) is 4.57. The first kappa shape index (κ1) is 15.2. The topological polar surface area (TPSA) is 80.3 Å². The molecule has 0 atom stereocenters. The molecule has 0 aromatic carbocycles. The summed E-state index contributed by atoms with van der Waals surface area (Å²) in [5.74, 6) is 0.293. The Kier molecular flexibility index (Phi) is 7.71. The number of hydrogen-bond donors (Lipinski definition) is 2. The van der Waals surface area contributed by atoms with Crippen LogP contribution in [0.15, 0.2) is 5.16 Å². The lowest BCUT2D eigenvalue weighted by molar-refractivity contribution is 0.0824. The minimum Gasteiger partial charge on any atom is -0.409 e. The highest BCUT2D eigenvalue weighted by atomic mass is 16.5. The SMILES string of the molecule is COCCCOCCN(CCC(N)=NO)C1CC1. The highest BCUT2D eigenvalue weighted by Gasteiger charge is 2.28. The first-order valence-corrected chi connectivity index (χ1v) is 6.55. The third-order valence-electron chi connectivity index (χ3n) is 3.01. The molecule has 0 aromatic rings. The second kappa shape index (κ2) is 9.13. The van der Waals surface area contributed by atoms with Crippen molar-refractivity contribution in [2.45, 2.75) is 31.7 Å². The molecule has 6 heteroatoms. The van der Waals surface area contributed by atoms with Crippen LogP contribution in [0.3, 0.4) is 0 Å². The average Bonchev–Trinajstić information content (AvgIpc) is 3.21. The molecule has 0 amide bonds. The van der Waals surface area contributed by atoms with E-state index in [4.69, 9.17) is 20.4 Å². The molecule has 0 saturated heterocycles. The van der Waals surface area contributed by atoms with E-state index in [0.717, 1.165) is 39.3 Å². The predicted molar refractivity (Wildman–Crippen MR) is 69.9 cm³/mol. The van der Waals surface area contributed by atoms with Crippen molar-refractivity contribution in [2.24, 2.45) is 10.9 Å². The van der Waals surface area contributed by atoms with Crippen LogP contribution in [0, 0.1) is 0 Å². The number of hydrogen-bond acceptors (Lipinski definition) is 5. The van der Waals surface area contributed by atoms with Crippen molar-refractivity contribution < 1.29 is 14.7 Å². The number of oxime groups is 1. The van der Waals surface area contributed by atoms with Gasteiger partial charge >= 0.3 is 0 Å². The Bertz CT molecular complexity index is 245. The first-order valence-electron chi connectivity index (χ1n) is 6.55. The third kappa shape index (κ3) is 6.78. The monoisotopic (exact) mass is 259 g/mol. The molecule has 0 heterocycles. The van der Waals surface area contributed by atoms with Crippen molar-refractivity contribution in [3.05, 3.63) is 0 Å². The van der Waals surface area contributed by atoms with E-state index < -0.39 is 0 Å². The minimum absolute atomic E-state index is 0.293. The van der Waals surface area contributed by atoms with Crippen LogP contribution in [0.2, 0.25) is 0 Å². The third-order valence-corrected chi connectivity index (χ3v) is 3.01. The number of nitrogens with zero attached hydrogens (tertiary/aromatic N) is 2. The Labute approximate surface area is 109 Å². The van der Waals surface area contributed by atoms with Gasteiger partial charge in [0.05, 0.1) is 6.61 Å². The lowest BCUT2D eigenvalue weighted by Gasteiger charge is -2.21. The summed E-state index contributed by atoms with van der Waals surface area (Å²) in [6, 6.07) is 0.666. The molecule has 1 aliphatic carbocycles. The zero-order valence-corrected chi connectivity index (χ0v) is 11.2. The van der Waals surface area contributed by atoms with Crippen LogP contribution in [0.25, 0.3) is 0 Å². The van der Waals surface area contributed by atoms with Crippen molar-refractivity contribution in [1.82, 2.24) is 4.90 Å². The summed E-state index contributed by atoms with van der Waals surface area (Å²) in [5.41, 5.74) is 5.48. The number of ether oxygens (including phenoxy) is 2. The summed E-state index contributed by atoms with van der Waals surface area (Å²) < 4.78 is 10.5. The summed E-state index contributed by atoms with van der Waals surface area (Å²) in [7, 11) is 1.70. The second-order valence-corrected chi connectivity index (χ2v) is 4.57. The largest absolute Gasteiger partial charge is 0.409 e. The van der Waals surface area contributed by atoms with Gasteiger partial charge in [0.2, 0.25) is 0 Å². The van der Waals surface area contributed by atoms with Crippen LogP contribution in [0.4, 0.5) is 0 Å². The van der Waals surface area contributed by atoms with Gasteiger partial charge in [-0.1, -0.05) is 5.16 Å². The Hall–Kier alpha value is -0.850. The summed E-state index contributed by atoms with van der Waals surface area (Å²) in [6.45, 7) is 3.97. The van der Waals surface area contributed by atoms with E-state index in [0.29, 0.717) is 18.3 Å². The highest BCUT2D eigenvalue weighted by molar-refractivity contribution is 5.79. The van der Waals surface area contributed by atoms with E-state index in [1.807, 2.05) is 0 Å². The van der Waals surface area contributed by atoms with E-state index >= 15 is 0 Å². The van der Waals surface area contributed by atoms with Gasteiger partial charge in [0.25, 0.3) is 0 Å². The fourth-order valence-electron chi connectivity index (χ4n) is 1.81. The molecular formula is C12H25N3O3. The molecule has 106 valence electrons. The molecule has 1 rings (SSSR count). The average molecular weight is 259 g/mol. The number of amidine groups is 1. The lowest BCUT2D eigenvalue weighted by Crippen LogP contribution is -2.33. The Morgan fingerprint density at radius 2 is 2.11 bits per heavy atom. The van der Waals surface area contributed by atoms with E-state index in [1.54, 1.807) is 7.11 Å². The van der Waals surface area contributed by atoms with Crippen LogP contribution in [-0.2, 0) is 9.47 Å². The maximum Gasteiger partial charge on any atom is 0.140 e. The normalized spacial score (nSPS) is 16.4. The molecule has 18 heavy (non-hydrogen) atoms. The smallest absolute Gasteiger partial charge is 0.140 e. The number of nitrogens with two attached hydrogens (primary N) is 1. The van der Waals surface area contributed by atoms with Crippen LogP contribution in [0.1, 0.15) is 25.7 Å². The molecule has 0 unspecified atom stereocenters. The molecule has 6 nitrogen and oxygen atoms in total. The molecule has 0 bridgehead atoms. The Balaban J connectivity index is 2.07. The molecule has 0 spiro atoms. The van der Waals surface area contributed by atoms with Crippen molar-refractivity contribution in [3.63, 3.8) is 0 Å². The molecule has 0 aromatic heterocycles. The van der Waals surface area contributed by atoms with Crippen molar-refractivity contribution in [2.75, 3.05) is 40.0 Å². The number of rotatable bonds is 11. The van der Waals surface area contributed by atoms with Gasteiger partial charge in [-0.2, -0.15) is 0 Å². The molecule has 3 N–H and O–H groups in total. The van der Waals surface area contributed by atoms with Crippen LogP contribution in [0.5, 0.6) is 0 Å². The van der Waals surface area contributed by atoms with Crippen molar-refractivity contribution in [1.29, 1.82) is 0 Å². The summed E-state index contributed by atoms with van der Waals surface area (Å²) in [4.78, 5) is 2.36. The Morgan fingerprint density at radius 3 is 2.72 bits per heavy atom. The number of methoxy groups -OCH3 is 1. The molecule has 0 aliphatic heterocycles. The fourth-order valence-corrected chi connectivity index (χ4v) is 1.81. The first-order chi connectivity index (χ1) is 8.77. The van der Waals surface area contributed by atoms with Gasteiger partial charge in [0.15, 0.2) is 0 Å². The van der Waals surface area contributed by atoms with Gasteiger partial charge in [-0.25, -0.2) is 0 Å². The van der Waals surface area contributed by atoms with E-state index in [-0.39, 0.29) is 0 Å². The maximum absolute atomic E-state index is 8.51. The maximum atomic E-state index is 8.51. The van der Waals surface area contributed by atoms with Gasteiger partial charge in [0.1, 0.15) is 5.84 Å². The van der Waals surface area contributed by atoms with Crippen molar-refractivity contribution >= 4 is 5.84 Å².